The molecule has 0 radical (unpaired) electrons. The molecule has 4 heteroatoms. The van der Waals surface area contributed by atoms with Crippen molar-refractivity contribution >= 4 is 15.9 Å². The van der Waals surface area contributed by atoms with E-state index in [0.29, 0.717) is 15.0 Å². The quantitative estimate of drug-likeness (QED) is 0.413. The number of hydrogen-bond acceptors (Lipinski definition) is 2. The van der Waals surface area contributed by atoms with E-state index in [1.807, 2.05) is 0 Å². The van der Waals surface area contributed by atoms with E-state index in [-0.39, 0.29) is 6.61 Å². The third kappa shape index (κ3) is 1.27. The van der Waals surface area contributed by atoms with Crippen LogP contribution in [0.1, 0.15) is 5.69 Å². The van der Waals surface area contributed by atoms with Crippen molar-refractivity contribution in [1.29, 1.82) is 0 Å². The molecule has 1 rings (SSSR count). The molecule has 1 N–H and O–H groups in total. The Morgan fingerprint density at radius 3 is 2.80 bits per heavy atom. The van der Waals surface area contributed by atoms with Gasteiger partial charge in [-0.3, -0.25) is 0 Å². The third-order valence-electron chi connectivity index (χ3n) is 1.14. The first kappa shape index (κ1) is 7.50. The number of rotatable bonds is 1. The van der Waals surface area contributed by atoms with Gasteiger partial charge in [0, 0.05) is 28.1 Å². The van der Waals surface area contributed by atoms with Gasteiger partial charge in [0.2, 0.25) is 5.69 Å². The molecule has 0 spiro atoms. The molecule has 0 saturated carbocycles. The Morgan fingerprint density at radius 1 is 1.60 bits per heavy atom. The van der Waals surface area contributed by atoms with Crippen molar-refractivity contribution in [2.75, 3.05) is 0 Å². The van der Waals surface area contributed by atoms with E-state index in [0.717, 1.165) is 0 Å². The maximum absolute atomic E-state index is 10.9. The van der Waals surface area contributed by atoms with Crippen molar-refractivity contribution < 1.29 is 9.84 Å². The van der Waals surface area contributed by atoms with Gasteiger partial charge in [0.1, 0.15) is 6.61 Å². The van der Waals surface area contributed by atoms with Gasteiger partial charge in [0.25, 0.3) is 4.60 Å². The lowest BCUT2D eigenvalue weighted by Gasteiger charge is -2.01. The minimum absolute atomic E-state index is 0.233. The van der Waals surface area contributed by atoms with Crippen molar-refractivity contribution in [3.8, 4) is 0 Å². The predicted octanol–water partition coefficient (Wildman–Crippen LogP) is 0.575. The number of nitrogens with zero attached hydrogens (tertiary/aromatic N) is 1. The highest BCUT2D eigenvalue weighted by molar-refractivity contribution is 9.10. The van der Waals surface area contributed by atoms with Crippen LogP contribution in [-0.2, 0) is 6.61 Å². The van der Waals surface area contributed by atoms with Crippen LogP contribution in [-0.4, -0.2) is 5.11 Å². The van der Waals surface area contributed by atoms with Gasteiger partial charge >= 0.3 is 0 Å². The fourth-order valence-corrected chi connectivity index (χ4v) is 1.01. The highest BCUT2D eigenvalue weighted by Crippen LogP contribution is 2.02. The first-order chi connectivity index (χ1) is 4.75. The van der Waals surface area contributed by atoms with Gasteiger partial charge in [0.05, 0.1) is 0 Å². The number of hydrogen-bond donors (Lipinski definition) is 1. The molecular weight excluding hydrogens is 198 g/mol. The van der Waals surface area contributed by atoms with Crippen LogP contribution in [0.25, 0.3) is 0 Å². The fourth-order valence-electron chi connectivity index (χ4n) is 0.628. The summed E-state index contributed by atoms with van der Waals surface area (Å²) in [5.41, 5.74) is 0.342. The molecule has 0 aliphatic heterocycles. The molecule has 0 unspecified atom stereocenters. The molecule has 1 aromatic rings. The third-order valence-corrected chi connectivity index (χ3v) is 1.73. The standard InChI is InChI=1S/C6H6BrNO2/c7-6-3-1-2-5(4-9)8(6)10/h1-3,9H,4H2. The van der Waals surface area contributed by atoms with Crippen LogP contribution in [0.4, 0.5) is 0 Å². The van der Waals surface area contributed by atoms with E-state index in [4.69, 9.17) is 5.11 Å². The van der Waals surface area contributed by atoms with Gasteiger partial charge in [-0.05, 0) is 6.07 Å². The second-order valence-corrected chi connectivity index (χ2v) is 2.60. The molecule has 0 saturated heterocycles. The van der Waals surface area contributed by atoms with Crippen LogP contribution < -0.4 is 4.73 Å². The van der Waals surface area contributed by atoms with Crippen molar-refractivity contribution in [1.82, 2.24) is 0 Å². The topological polar surface area (TPSA) is 47.2 Å². The summed E-state index contributed by atoms with van der Waals surface area (Å²) in [5.74, 6) is 0. The summed E-state index contributed by atoms with van der Waals surface area (Å²) in [6, 6.07) is 4.88. The molecular formula is C6H6BrNO2. The maximum Gasteiger partial charge on any atom is 0.259 e. The predicted molar refractivity (Wildman–Crippen MR) is 39.0 cm³/mol. The lowest BCUT2D eigenvalue weighted by atomic mass is 10.4. The van der Waals surface area contributed by atoms with E-state index in [1.165, 1.54) is 0 Å². The molecule has 0 aliphatic carbocycles. The normalized spacial score (nSPS) is 9.80. The van der Waals surface area contributed by atoms with Crippen LogP contribution in [0, 0.1) is 5.21 Å². The molecule has 1 aromatic heterocycles. The van der Waals surface area contributed by atoms with Crippen LogP contribution in [0.15, 0.2) is 22.8 Å². The molecule has 10 heavy (non-hydrogen) atoms. The van der Waals surface area contributed by atoms with Gasteiger partial charge in [0.15, 0.2) is 0 Å². The zero-order valence-electron chi connectivity index (χ0n) is 5.12. The Labute approximate surface area is 66.6 Å². The summed E-state index contributed by atoms with van der Waals surface area (Å²) in [4.78, 5) is 0. The van der Waals surface area contributed by atoms with Gasteiger partial charge < -0.3 is 10.3 Å². The first-order valence-corrected chi connectivity index (χ1v) is 3.53. The number of aliphatic hydroxyl groups is 1. The number of pyridine rings is 1. The molecule has 0 aromatic carbocycles. The Bertz CT molecular complexity index is 239. The van der Waals surface area contributed by atoms with Gasteiger partial charge in [-0.1, -0.05) is 0 Å². The summed E-state index contributed by atoms with van der Waals surface area (Å²) in [7, 11) is 0. The molecule has 0 amide bonds. The van der Waals surface area contributed by atoms with Gasteiger partial charge in [-0.25, -0.2) is 0 Å². The molecule has 54 valence electrons. The molecule has 0 bridgehead atoms. The number of aromatic nitrogens is 1. The second-order valence-electron chi connectivity index (χ2n) is 1.79. The van der Waals surface area contributed by atoms with Gasteiger partial charge in [-0.2, -0.15) is 4.73 Å². The molecule has 0 aliphatic rings. The van der Waals surface area contributed by atoms with Crippen LogP contribution in [0.5, 0.6) is 0 Å². The Hall–Kier alpha value is -0.610. The van der Waals surface area contributed by atoms with Crippen LogP contribution in [0.2, 0.25) is 0 Å². The summed E-state index contributed by atoms with van der Waals surface area (Å²) >= 11 is 3.03. The van der Waals surface area contributed by atoms with E-state index < -0.39 is 0 Å². The van der Waals surface area contributed by atoms with Gasteiger partial charge in [-0.15, -0.1) is 0 Å². The zero-order valence-corrected chi connectivity index (χ0v) is 6.71. The SMILES string of the molecule is [O-][n+]1c(Br)cccc1CO. The summed E-state index contributed by atoms with van der Waals surface area (Å²) < 4.78 is 1.05. The largest absolute Gasteiger partial charge is 0.618 e. The Balaban J connectivity index is 3.14. The highest BCUT2D eigenvalue weighted by atomic mass is 79.9. The second kappa shape index (κ2) is 2.98. The number of halogens is 1. The lowest BCUT2D eigenvalue weighted by Crippen LogP contribution is -2.33. The van der Waals surface area contributed by atoms with E-state index in [1.54, 1.807) is 18.2 Å². The van der Waals surface area contributed by atoms with Crippen molar-refractivity contribution in [3.63, 3.8) is 0 Å². The molecule has 0 fully saturated rings. The van der Waals surface area contributed by atoms with Crippen molar-refractivity contribution in [3.05, 3.63) is 33.7 Å². The maximum atomic E-state index is 10.9. The summed E-state index contributed by atoms with van der Waals surface area (Å²) in [5, 5.41) is 19.5. The number of aliphatic hydroxyl groups excluding tert-OH is 1. The minimum atomic E-state index is -0.233. The van der Waals surface area contributed by atoms with Crippen molar-refractivity contribution in [2.45, 2.75) is 6.61 Å². The summed E-state index contributed by atoms with van der Waals surface area (Å²) in [6.45, 7) is -0.233. The molecule has 1 heterocycles. The van der Waals surface area contributed by atoms with E-state index >= 15 is 0 Å². The monoisotopic (exact) mass is 203 g/mol. The average molecular weight is 204 g/mol. The van der Waals surface area contributed by atoms with E-state index in [2.05, 4.69) is 15.9 Å². The fraction of sp³-hybridized carbons (Fsp3) is 0.167. The lowest BCUT2D eigenvalue weighted by molar-refractivity contribution is -0.627. The molecule has 3 nitrogen and oxygen atoms in total. The Kier molecular flexibility index (Phi) is 2.24. The van der Waals surface area contributed by atoms with Crippen molar-refractivity contribution in [2.24, 2.45) is 0 Å². The molecule has 0 atom stereocenters. The van der Waals surface area contributed by atoms with Crippen LogP contribution in [0.3, 0.4) is 0 Å². The zero-order chi connectivity index (χ0) is 7.56. The highest BCUT2D eigenvalue weighted by Gasteiger charge is 2.04. The van der Waals surface area contributed by atoms with Crippen LogP contribution >= 0.6 is 15.9 Å². The van der Waals surface area contributed by atoms with E-state index in [9.17, 15) is 5.21 Å². The smallest absolute Gasteiger partial charge is 0.259 e. The Morgan fingerprint density at radius 2 is 2.30 bits per heavy atom. The minimum Gasteiger partial charge on any atom is -0.618 e. The average Bonchev–Trinajstić information content (AvgIpc) is 1.95. The first-order valence-electron chi connectivity index (χ1n) is 2.73. The summed E-state index contributed by atoms with van der Waals surface area (Å²) in [6.07, 6.45) is 0.